The number of nitrogens with zero attached hydrogens (tertiary/aromatic N) is 1. The zero-order valence-electron chi connectivity index (χ0n) is 11.7. The highest BCUT2D eigenvalue weighted by Gasteiger charge is 2.34. The molecule has 1 fully saturated rings. The van der Waals surface area contributed by atoms with Crippen LogP contribution in [0.3, 0.4) is 0 Å². The van der Waals surface area contributed by atoms with Crippen molar-refractivity contribution in [3.63, 3.8) is 0 Å². The third-order valence-electron chi connectivity index (χ3n) is 3.58. The highest BCUT2D eigenvalue weighted by atomic mass is 32.2. The third kappa shape index (κ3) is 2.87. The number of aryl methyl sites for hydroxylation is 1. The summed E-state index contributed by atoms with van der Waals surface area (Å²) in [7, 11) is -2.28. The van der Waals surface area contributed by atoms with Crippen molar-refractivity contribution in [1.29, 1.82) is 0 Å². The van der Waals surface area contributed by atoms with Crippen LogP contribution in [0.1, 0.15) is 22.3 Å². The highest BCUT2D eigenvalue weighted by Crippen LogP contribution is 2.29. The van der Waals surface area contributed by atoms with Crippen LogP contribution in [0.2, 0.25) is 0 Å². The fourth-order valence-corrected chi connectivity index (χ4v) is 4.09. The van der Waals surface area contributed by atoms with Crippen LogP contribution in [0.5, 0.6) is 5.75 Å². The normalized spacial score (nSPS) is 19.8. The molecule has 0 spiro atoms. The Kier molecular flexibility index (Phi) is 4.22. The number of sulfonamides is 1. The highest BCUT2D eigenvalue weighted by molar-refractivity contribution is 7.89. The van der Waals surface area contributed by atoms with E-state index in [0.29, 0.717) is 18.5 Å². The van der Waals surface area contributed by atoms with Gasteiger partial charge in [-0.25, -0.2) is 13.2 Å². The van der Waals surface area contributed by atoms with Gasteiger partial charge in [-0.05, 0) is 31.0 Å². The molecule has 0 amide bonds. The summed E-state index contributed by atoms with van der Waals surface area (Å²) in [5.41, 5.74) is -0.125. The fraction of sp³-hybridized carbons (Fsp3) is 0.462. The van der Waals surface area contributed by atoms with Gasteiger partial charge in [0.1, 0.15) is 11.3 Å². The summed E-state index contributed by atoms with van der Waals surface area (Å²) in [6.07, 6.45) is 0.440. The van der Waals surface area contributed by atoms with Gasteiger partial charge in [-0.1, -0.05) is 0 Å². The summed E-state index contributed by atoms with van der Waals surface area (Å²) < 4.78 is 31.6. The number of carboxylic acids is 1. The lowest BCUT2D eigenvalue weighted by Crippen LogP contribution is -2.30. The number of rotatable bonds is 4. The Morgan fingerprint density at radius 1 is 1.43 bits per heavy atom. The maximum atomic E-state index is 12.6. The van der Waals surface area contributed by atoms with Crippen LogP contribution in [0.15, 0.2) is 17.0 Å². The molecule has 2 N–H and O–H groups in total. The van der Waals surface area contributed by atoms with E-state index in [1.807, 2.05) is 0 Å². The Hall–Kier alpha value is -1.64. The first-order valence-corrected chi connectivity index (χ1v) is 7.81. The molecule has 8 heteroatoms. The van der Waals surface area contributed by atoms with E-state index in [4.69, 9.17) is 9.84 Å². The van der Waals surface area contributed by atoms with Gasteiger partial charge in [-0.3, -0.25) is 0 Å². The molecule has 1 atom stereocenters. The van der Waals surface area contributed by atoms with Gasteiger partial charge in [-0.2, -0.15) is 4.31 Å². The Labute approximate surface area is 122 Å². The van der Waals surface area contributed by atoms with Gasteiger partial charge in [0.05, 0.1) is 11.0 Å². The van der Waals surface area contributed by atoms with E-state index in [1.54, 1.807) is 0 Å². The third-order valence-corrected chi connectivity index (χ3v) is 5.59. The molecular weight excluding hydrogens is 298 g/mol. The average Bonchev–Trinajstić information content (AvgIpc) is 2.87. The first-order valence-electron chi connectivity index (χ1n) is 6.37. The standard InChI is InChI=1S/C13H17NO6S/c1-8-5-11(15)10(13(16)17)6-12(8)21(18,19)14-4-3-9(7-14)20-2/h5-6,9,15H,3-4,7H2,1-2H3,(H,16,17). The van der Waals surface area contributed by atoms with Gasteiger partial charge < -0.3 is 14.9 Å². The smallest absolute Gasteiger partial charge is 0.339 e. The van der Waals surface area contributed by atoms with Gasteiger partial charge in [0.25, 0.3) is 0 Å². The second-order valence-corrected chi connectivity index (χ2v) is 6.86. The van der Waals surface area contributed by atoms with Crippen molar-refractivity contribution in [3.05, 3.63) is 23.3 Å². The molecule has 1 aromatic rings. The topological polar surface area (TPSA) is 104 Å². The monoisotopic (exact) mass is 315 g/mol. The number of methoxy groups -OCH3 is 1. The molecule has 0 bridgehead atoms. The predicted molar refractivity (Wildman–Crippen MR) is 74.0 cm³/mol. The summed E-state index contributed by atoms with van der Waals surface area (Å²) in [5.74, 6) is -1.82. The fourth-order valence-electron chi connectivity index (χ4n) is 2.37. The SMILES string of the molecule is COC1CCN(S(=O)(=O)c2cc(C(=O)O)c(O)cc2C)C1. The molecule has 0 saturated carbocycles. The minimum Gasteiger partial charge on any atom is -0.507 e. The molecule has 1 saturated heterocycles. The van der Waals surface area contributed by atoms with Crippen LogP contribution in [0.25, 0.3) is 0 Å². The first kappa shape index (κ1) is 15.7. The van der Waals surface area contributed by atoms with Crippen molar-refractivity contribution in [2.45, 2.75) is 24.3 Å². The van der Waals surface area contributed by atoms with E-state index in [0.717, 1.165) is 12.1 Å². The number of benzene rings is 1. The lowest BCUT2D eigenvalue weighted by atomic mass is 10.1. The van der Waals surface area contributed by atoms with E-state index < -0.39 is 27.3 Å². The number of ether oxygens (including phenoxy) is 1. The van der Waals surface area contributed by atoms with Crippen molar-refractivity contribution < 1.29 is 28.2 Å². The minimum atomic E-state index is -3.81. The number of phenols is 1. The molecule has 0 radical (unpaired) electrons. The molecule has 1 unspecified atom stereocenters. The number of hydrogen-bond acceptors (Lipinski definition) is 5. The summed E-state index contributed by atoms with van der Waals surface area (Å²) >= 11 is 0. The lowest BCUT2D eigenvalue weighted by molar-refractivity contribution is 0.0693. The molecule has 21 heavy (non-hydrogen) atoms. The molecule has 1 heterocycles. The minimum absolute atomic E-state index is 0.102. The van der Waals surface area contributed by atoms with Crippen molar-refractivity contribution in [2.75, 3.05) is 20.2 Å². The molecule has 116 valence electrons. The van der Waals surface area contributed by atoms with Crippen molar-refractivity contribution >= 4 is 16.0 Å². The number of aromatic hydroxyl groups is 1. The van der Waals surface area contributed by atoms with E-state index in [2.05, 4.69) is 0 Å². The van der Waals surface area contributed by atoms with Crippen molar-refractivity contribution in [1.82, 2.24) is 4.31 Å². The lowest BCUT2D eigenvalue weighted by Gasteiger charge is -2.18. The zero-order chi connectivity index (χ0) is 15.8. The van der Waals surface area contributed by atoms with Crippen molar-refractivity contribution in [3.8, 4) is 5.75 Å². The number of carboxylic acid groups (broad SMARTS) is 1. The van der Waals surface area contributed by atoms with E-state index in [-0.39, 0.29) is 17.5 Å². The second kappa shape index (κ2) is 5.63. The van der Waals surface area contributed by atoms with Gasteiger partial charge in [0, 0.05) is 20.2 Å². The maximum absolute atomic E-state index is 12.6. The molecule has 1 aliphatic heterocycles. The maximum Gasteiger partial charge on any atom is 0.339 e. The number of hydrogen-bond donors (Lipinski definition) is 2. The van der Waals surface area contributed by atoms with Crippen molar-refractivity contribution in [2.24, 2.45) is 0 Å². The van der Waals surface area contributed by atoms with Crippen LogP contribution in [0.4, 0.5) is 0 Å². The van der Waals surface area contributed by atoms with E-state index >= 15 is 0 Å². The first-order chi connectivity index (χ1) is 9.77. The molecule has 1 aromatic carbocycles. The molecular formula is C13H17NO6S. The average molecular weight is 315 g/mol. The largest absolute Gasteiger partial charge is 0.507 e. The summed E-state index contributed by atoms with van der Waals surface area (Å²) in [6, 6.07) is 2.16. The van der Waals surface area contributed by atoms with Crippen LogP contribution in [0, 0.1) is 6.92 Å². The van der Waals surface area contributed by atoms with Gasteiger partial charge in [-0.15, -0.1) is 0 Å². The quantitative estimate of drug-likeness (QED) is 0.852. The van der Waals surface area contributed by atoms with E-state index in [1.165, 1.54) is 18.3 Å². The molecule has 7 nitrogen and oxygen atoms in total. The second-order valence-electron chi connectivity index (χ2n) is 4.95. The van der Waals surface area contributed by atoms with Gasteiger partial charge in [0.15, 0.2) is 0 Å². The molecule has 1 aliphatic rings. The number of aromatic carboxylic acids is 1. The van der Waals surface area contributed by atoms with E-state index in [9.17, 15) is 18.3 Å². The van der Waals surface area contributed by atoms with Crippen LogP contribution >= 0.6 is 0 Å². The Morgan fingerprint density at radius 2 is 2.10 bits per heavy atom. The van der Waals surface area contributed by atoms with Crippen LogP contribution in [-0.4, -0.2) is 55.2 Å². The predicted octanol–water partition coefficient (Wildman–Crippen LogP) is 0.808. The summed E-state index contributed by atoms with van der Waals surface area (Å²) in [4.78, 5) is 10.9. The van der Waals surface area contributed by atoms with Gasteiger partial charge >= 0.3 is 5.97 Å². The molecule has 0 aromatic heterocycles. The Bertz CT molecular complexity index is 669. The van der Waals surface area contributed by atoms with Crippen LogP contribution in [-0.2, 0) is 14.8 Å². The Balaban J connectivity index is 2.45. The summed E-state index contributed by atoms with van der Waals surface area (Å²) in [6.45, 7) is 2.08. The Morgan fingerprint density at radius 3 is 2.62 bits per heavy atom. The van der Waals surface area contributed by atoms with Gasteiger partial charge in [0.2, 0.25) is 10.0 Å². The molecule has 2 rings (SSSR count). The molecule has 0 aliphatic carbocycles. The number of carbonyl (C=O) groups is 1. The zero-order valence-corrected chi connectivity index (χ0v) is 12.6. The van der Waals surface area contributed by atoms with Crippen LogP contribution < -0.4 is 0 Å². The summed E-state index contributed by atoms with van der Waals surface area (Å²) in [5, 5.41) is 18.6.